The molecule has 1 aliphatic heterocycles. The largest absolute Gasteiger partial charge is 0.348 e. The van der Waals surface area contributed by atoms with Crippen LogP contribution in [0.3, 0.4) is 0 Å². The normalized spacial score (nSPS) is 13.6. The molecule has 2 amide bonds. The molecule has 33 heavy (non-hydrogen) atoms. The van der Waals surface area contributed by atoms with Crippen molar-refractivity contribution in [2.45, 2.75) is 25.9 Å². The Morgan fingerprint density at radius 3 is 2.61 bits per heavy atom. The smallest absolute Gasteiger partial charge is 0.253 e. The molecule has 7 heteroatoms. The summed E-state index contributed by atoms with van der Waals surface area (Å²) in [5.41, 5.74) is 5.26. The molecule has 1 N–H and O–H groups in total. The molecule has 0 bridgehead atoms. The number of hydrogen-bond donors (Lipinski definition) is 1. The second-order valence-corrected chi connectivity index (χ2v) is 8.61. The molecule has 1 aliphatic rings. The second kappa shape index (κ2) is 9.08. The number of nitrogens with zero attached hydrogens (tertiary/aromatic N) is 3. The number of para-hydroxylation sites is 2. The van der Waals surface area contributed by atoms with Crippen LogP contribution < -0.4 is 10.2 Å². The molecule has 3 aromatic carbocycles. The van der Waals surface area contributed by atoms with Crippen molar-refractivity contribution in [2.75, 3.05) is 11.4 Å². The summed E-state index contributed by atoms with van der Waals surface area (Å²) in [6.45, 7) is 1.72. The van der Waals surface area contributed by atoms with E-state index in [-0.39, 0.29) is 11.8 Å². The van der Waals surface area contributed by atoms with E-state index in [0.717, 1.165) is 35.1 Å². The fourth-order valence-corrected chi connectivity index (χ4v) is 4.36. The van der Waals surface area contributed by atoms with E-state index in [1.54, 1.807) is 23.1 Å². The van der Waals surface area contributed by atoms with Gasteiger partial charge >= 0.3 is 0 Å². The predicted octanol–water partition coefficient (Wildman–Crippen LogP) is 4.79. The highest BCUT2D eigenvalue weighted by atomic mass is 35.5. The number of benzene rings is 3. The van der Waals surface area contributed by atoms with E-state index in [0.29, 0.717) is 35.8 Å². The Morgan fingerprint density at radius 2 is 1.82 bits per heavy atom. The van der Waals surface area contributed by atoms with Gasteiger partial charge in [-0.1, -0.05) is 48.0 Å². The number of amides is 2. The summed E-state index contributed by atoms with van der Waals surface area (Å²) in [5.74, 6) is -0.206. The van der Waals surface area contributed by atoms with Gasteiger partial charge in [-0.25, -0.2) is 4.98 Å². The SMILES string of the molecule is O=C(NCc1ccc(Cn2cnc3ccccc32)cc1)c1ccc(Cl)cc1N1CCCC1=O. The molecule has 5 rings (SSSR count). The fourth-order valence-electron chi connectivity index (χ4n) is 4.20. The second-order valence-electron chi connectivity index (χ2n) is 8.17. The molecule has 1 aromatic heterocycles. The number of rotatable bonds is 6. The van der Waals surface area contributed by atoms with Crippen LogP contribution in [0, 0.1) is 0 Å². The number of aromatic nitrogens is 2. The predicted molar refractivity (Wildman–Crippen MR) is 129 cm³/mol. The van der Waals surface area contributed by atoms with Gasteiger partial charge in [0.2, 0.25) is 5.91 Å². The standard InChI is InChI=1S/C26H23ClN4O2/c27-20-11-12-21(24(14-20)31-13-3-6-25(31)32)26(33)28-15-18-7-9-19(10-8-18)16-30-17-29-22-4-1-2-5-23(22)30/h1-2,4-5,7-12,14,17H,3,6,13,15-16H2,(H,28,33). The molecule has 0 atom stereocenters. The monoisotopic (exact) mass is 458 g/mol. The zero-order valence-electron chi connectivity index (χ0n) is 18.0. The fraction of sp³-hybridized carbons (Fsp3) is 0.192. The van der Waals surface area contributed by atoms with E-state index < -0.39 is 0 Å². The zero-order chi connectivity index (χ0) is 22.8. The van der Waals surface area contributed by atoms with Crippen LogP contribution in [0.4, 0.5) is 5.69 Å². The van der Waals surface area contributed by atoms with Gasteiger partial charge in [-0.2, -0.15) is 0 Å². The maximum Gasteiger partial charge on any atom is 0.253 e. The van der Waals surface area contributed by atoms with E-state index in [1.165, 1.54) is 0 Å². The molecule has 166 valence electrons. The van der Waals surface area contributed by atoms with Crippen molar-refractivity contribution in [3.8, 4) is 0 Å². The van der Waals surface area contributed by atoms with Gasteiger partial charge in [-0.15, -0.1) is 0 Å². The molecule has 0 saturated carbocycles. The lowest BCUT2D eigenvalue weighted by atomic mass is 10.1. The number of anilines is 1. The van der Waals surface area contributed by atoms with Gasteiger partial charge in [0, 0.05) is 31.1 Å². The molecule has 4 aromatic rings. The number of carbonyl (C=O) groups is 2. The van der Waals surface area contributed by atoms with Crippen molar-refractivity contribution < 1.29 is 9.59 Å². The Balaban J connectivity index is 1.26. The zero-order valence-corrected chi connectivity index (χ0v) is 18.8. The highest BCUT2D eigenvalue weighted by Gasteiger charge is 2.26. The van der Waals surface area contributed by atoms with E-state index >= 15 is 0 Å². The van der Waals surface area contributed by atoms with Crippen molar-refractivity contribution >= 4 is 40.1 Å². The van der Waals surface area contributed by atoms with Gasteiger partial charge in [0.1, 0.15) is 0 Å². The Kier molecular flexibility index (Phi) is 5.84. The molecule has 0 aliphatic carbocycles. The molecule has 1 saturated heterocycles. The molecule has 0 spiro atoms. The summed E-state index contributed by atoms with van der Waals surface area (Å²) in [6.07, 6.45) is 3.13. The molecule has 2 heterocycles. The molecule has 6 nitrogen and oxygen atoms in total. The number of hydrogen-bond acceptors (Lipinski definition) is 3. The lowest BCUT2D eigenvalue weighted by Crippen LogP contribution is -2.29. The Bertz CT molecular complexity index is 1330. The average Bonchev–Trinajstić information content (AvgIpc) is 3.44. The third-order valence-corrected chi connectivity index (χ3v) is 6.16. The third kappa shape index (κ3) is 4.47. The minimum atomic E-state index is -0.227. The summed E-state index contributed by atoms with van der Waals surface area (Å²) in [6, 6.07) is 21.3. The summed E-state index contributed by atoms with van der Waals surface area (Å²) in [7, 11) is 0. The van der Waals surface area contributed by atoms with Crippen LogP contribution in [0.1, 0.15) is 34.3 Å². The van der Waals surface area contributed by atoms with Crippen molar-refractivity contribution in [3.63, 3.8) is 0 Å². The van der Waals surface area contributed by atoms with Crippen molar-refractivity contribution in [2.24, 2.45) is 0 Å². The van der Waals surface area contributed by atoms with Crippen LogP contribution in [-0.2, 0) is 17.9 Å². The molecular weight excluding hydrogens is 436 g/mol. The number of halogens is 1. The topological polar surface area (TPSA) is 67.2 Å². The van der Waals surface area contributed by atoms with Gasteiger partial charge in [0.15, 0.2) is 0 Å². The summed E-state index contributed by atoms with van der Waals surface area (Å²) in [5, 5.41) is 3.47. The summed E-state index contributed by atoms with van der Waals surface area (Å²) in [4.78, 5) is 31.2. The van der Waals surface area contributed by atoms with Crippen molar-refractivity contribution in [1.82, 2.24) is 14.9 Å². The first kappa shape index (κ1) is 21.2. The van der Waals surface area contributed by atoms with E-state index in [2.05, 4.69) is 33.1 Å². The highest BCUT2D eigenvalue weighted by molar-refractivity contribution is 6.31. The maximum atomic E-state index is 12.9. The number of nitrogens with one attached hydrogen (secondary N) is 1. The Hall–Kier alpha value is -3.64. The van der Waals surface area contributed by atoms with Gasteiger partial charge < -0.3 is 14.8 Å². The van der Waals surface area contributed by atoms with Gasteiger partial charge in [0.25, 0.3) is 5.91 Å². The first-order valence-electron chi connectivity index (χ1n) is 10.9. The minimum Gasteiger partial charge on any atom is -0.348 e. The minimum absolute atomic E-state index is 0.0209. The van der Waals surface area contributed by atoms with Crippen LogP contribution in [0.15, 0.2) is 73.1 Å². The molecule has 0 unspecified atom stereocenters. The average molecular weight is 459 g/mol. The molecule has 0 radical (unpaired) electrons. The lowest BCUT2D eigenvalue weighted by Gasteiger charge is -2.20. The first-order chi connectivity index (χ1) is 16.1. The van der Waals surface area contributed by atoms with Crippen LogP contribution in [0.5, 0.6) is 0 Å². The molecule has 1 fully saturated rings. The first-order valence-corrected chi connectivity index (χ1v) is 11.3. The Labute approximate surface area is 196 Å². The van der Waals surface area contributed by atoms with Crippen LogP contribution in [-0.4, -0.2) is 27.9 Å². The number of fused-ring (bicyclic) bond motifs is 1. The quantitative estimate of drug-likeness (QED) is 0.451. The Morgan fingerprint density at radius 1 is 1.03 bits per heavy atom. The highest BCUT2D eigenvalue weighted by Crippen LogP contribution is 2.28. The summed E-state index contributed by atoms with van der Waals surface area (Å²) < 4.78 is 2.12. The summed E-state index contributed by atoms with van der Waals surface area (Å²) >= 11 is 6.14. The van der Waals surface area contributed by atoms with Crippen molar-refractivity contribution in [3.05, 3.63) is 94.8 Å². The lowest BCUT2D eigenvalue weighted by molar-refractivity contribution is -0.117. The van der Waals surface area contributed by atoms with E-state index in [9.17, 15) is 9.59 Å². The van der Waals surface area contributed by atoms with Crippen molar-refractivity contribution in [1.29, 1.82) is 0 Å². The maximum absolute atomic E-state index is 12.9. The van der Waals surface area contributed by atoms with Gasteiger partial charge in [-0.05, 0) is 47.9 Å². The van der Waals surface area contributed by atoms with Crippen LogP contribution >= 0.6 is 11.6 Å². The van der Waals surface area contributed by atoms with E-state index in [1.807, 2.05) is 36.7 Å². The number of imidazole rings is 1. The molecular formula is C26H23ClN4O2. The van der Waals surface area contributed by atoms with Crippen LogP contribution in [0.2, 0.25) is 5.02 Å². The van der Waals surface area contributed by atoms with Crippen LogP contribution in [0.25, 0.3) is 11.0 Å². The van der Waals surface area contributed by atoms with E-state index in [4.69, 9.17) is 11.6 Å². The third-order valence-electron chi connectivity index (χ3n) is 5.92. The number of carbonyl (C=O) groups excluding carboxylic acids is 2. The van der Waals surface area contributed by atoms with Gasteiger partial charge in [0.05, 0.1) is 28.6 Å². The van der Waals surface area contributed by atoms with Gasteiger partial charge in [-0.3, -0.25) is 9.59 Å².